The van der Waals surface area contributed by atoms with Crippen molar-refractivity contribution in [2.75, 3.05) is 20.3 Å². The van der Waals surface area contributed by atoms with E-state index in [1.54, 1.807) is 31.4 Å². The molecule has 0 saturated carbocycles. The van der Waals surface area contributed by atoms with Gasteiger partial charge in [-0.2, -0.15) is 0 Å². The van der Waals surface area contributed by atoms with Gasteiger partial charge < -0.3 is 20.1 Å². The third-order valence-electron chi connectivity index (χ3n) is 3.30. The minimum atomic E-state index is -0.459. The largest absolute Gasteiger partial charge is 0.497 e. The first kappa shape index (κ1) is 15.2. The van der Waals surface area contributed by atoms with Crippen LogP contribution in [0.25, 0.3) is 0 Å². The van der Waals surface area contributed by atoms with E-state index in [2.05, 4.69) is 10.6 Å². The zero-order valence-corrected chi connectivity index (χ0v) is 12.1. The predicted octanol–water partition coefficient (Wildman–Crippen LogP) is 0.859. The Hall–Kier alpha value is -2.24. The summed E-state index contributed by atoms with van der Waals surface area (Å²) >= 11 is 0. The summed E-state index contributed by atoms with van der Waals surface area (Å²) in [5.74, 6) is 0.886. The van der Waals surface area contributed by atoms with E-state index in [4.69, 9.17) is 9.47 Å². The lowest BCUT2D eigenvalue weighted by Crippen LogP contribution is -2.46. The molecule has 0 aromatic heterocycles. The maximum absolute atomic E-state index is 11.8. The number of amides is 2. The van der Waals surface area contributed by atoms with Gasteiger partial charge in [0.2, 0.25) is 5.91 Å². The van der Waals surface area contributed by atoms with E-state index in [-0.39, 0.29) is 18.4 Å². The molecule has 1 aromatic carbocycles. The molecule has 1 unspecified atom stereocenters. The van der Waals surface area contributed by atoms with Crippen LogP contribution in [0.3, 0.4) is 0 Å². The lowest BCUT2D eigenvalue weighted by molar-refractivity contribution is -0.129. The van der Waals surface area contributed by atoms with Crippen LogP contribution < -0.4 is 20.1 Å². The molecule has 2 N–H and O–H groups in total. The van der Waals surface area contributed by atoms with Crippen molar-refractivity contribution in [2.24, 2.45) is 0 Å². The van der Waals surface area contributed by atoms with Crippen LogP contribution in [-0.4, -0.2) is 38.1 Å². The van der Waals surface area contributed by atoms with Crippen molar-refractivity contribution >= 4 is 11.8 Å². The normalized spacial score (nSPS) is 18.3. The molecule has 0 aliphatic carbocycles. The van der Waals surface area contributed by atoms with Gasteiger partial charge in [-0.25, -0.2) is 0 Å². The third-order valence-corrected chi connectivity index (χ3v) is 3.30. The van der Waals surface area contributed by atoms with Crippen molar-refractivity contribution in [2.45, 2.75) is 25.3 Å². The molecule has 1 atom stereocenters. The van der Waals surface area contributed by atoms with Crippen molar-refractivity contribution in [3.8, 4) is 11.5 Å². The Kier molecular flexibility index (Phi) is 5.43. The van der Waals surface area contributed by atoms with Crippen molar-refractivity contribution in [3.05, 3.63) is 24.3 Å². The van der Waals surface area contributed by atoms with Crippen LogP contribution in [0.15, 0.2) is 24.3 Å². The average Bonchev–Trinajstić information content (AvgIpc) is 2.71. The molecule has 114 valence electrons. The maximum Gasteiger partial charge on any atom is 0.258 e. The minimum absolute atomic E-state index is 0.115. The summed E-state index contributed by atoms with van der Waals surface area (Å²) in [7, 11) is 1.58. The van der Waals surface area contributed by atoms with Gasteiger partial charge in [-0.3, -0.25) is 9.59 Å². The quantitative estimate of drug-likeness (QED) is 0.844. The summed E-state index contributed by atoms with van der Waals surface area (Å²) in [6, 6.07) is 6.51. The molecule has 1 heterocycles. The predicted molar refractivity (Wildman–Crippen MR) is 77.3 cm³/mol. The van der Waals surface area contributed by atoms with E-state index in [0.29, 0.717) is 18.7 Å². The number of hydrogen-bond acceptors (Lipinski definition) is 4. The number of rotatable bonds is 5. The second kappa shape index (κ2) is 7.52. The van der Waals surface area contributed by atoms with Crippen molar-refractivity contribution in [1.82, 2.24) is 10.6 Å². The summed E-state index contributed by atoms with van der Waals surface area (Å²) in [6.45, 7) is 0.559. The van der Waals surface area contributed by atoms with Crippen LogP contribution in [0, 0.1) is 0 Å². The first-order valence-electron chi connectivity index (χ1n) is 7.03. The standard InChI is InChI=1S/C15H20N2O4/c1-20-11-5-7-12(8-6-11)21-10-14(18)17-13-4-2-3-9-16-15(13)19/h5-8,13H,2-4,9-10H2,1H3,(H,16,19)(H,17,18). The topological polar surface area (TPSA) is 76.7 Å². The third kappa shape index (κ3) is 4.66. The molecule has 1 aliphatic heterocycles. The fourth-order valence-electron chi connectivity index (χ4n) is 2.13. The number of carbonyl (C=O) groups excluding carboxylic acids is 2. The fourth-order valence-corrected chi connectivity index (χ4v) is 2.13. The zero-order valence-electron chi connectivity index (χ0n) is 12.1. The van der Waals surface area contributed by atoms with Gasteiger partial charge in [0, 0.05) is 6.54 Å². The molecule has 6 nitrogen and oxygen atoms in total. The Morgan fingerprint density at radius 3 is 2.71 bits per heavy atom. The van der Waals surface area contributed by atoms with Crippen molar-refractivity contribution in [3.63, 3.8) is 0 Å². The molecular formula is C15H20N2O4. The van der Waals surface area contributed by atoms with E-state index in [9.17, 15) is 9.59 Å². The highest BCUT2D eigenvalue weighted by Gasteiger charge is 2.22. The minimum Gasteiger partial charge on any atom is -0.497 e. The molecular weight excluding hydrogens is 272 g/mol. The molecule has 0 bridgehead atoms. The summed E-state index contributed by atoms with van der Waals surface area (Å²) in [4.78, 5) is 23.5. The number of nitrogens with one attached hydrogen (secondary N) is 2. The number of benzene rings is 1. The van der Waals surface area contributed by atoms with Crippen LogP contribution in [0.5, 0.6) is 11.5 Å². The molecule has 2 rings (SSSR count). The summed E-state index contributed by atoms with van der Waals surface area (Å²) < 4.78 is 10.4. The van der Waals surface area contributed by atoms with Crippen LogP contribution in [0.1, 0.15) is 19.3 Å². The van der Waals surface area contributed by atoms with Crippen LogP contribution in [-0.2, 0) is 9.59 Å². The van der Waals surface area contributed by atoms with Crippen LogP contribution >= 0.6 is 0 Å². The lowest BCUT2D eigenvalue weighted by Gasteiger charge is -2.15. The van der Waals surface area contributed by atoms with Gasteiger partial charge in [0.25, 0.3) is 5.91 Å². The van der Waals surface area contributed by atoms with E-state index in [0.717, 1.165) is 18.6 Å². The Balaban J connectivity index is 1.79. The SMILES string of the molecule is COc1ccc(OCC(=O)NC2CCCCNC2=O)cc1. The number of carbonyl (C=O) groups is 2. The molecule has 21 heavy (non-hydrogen) atoms. The highest BCUT2D eigenvalue weighted by molar-refractivity contribution is 5.88. The van der Waals surface area contributed by atoms with E-state index in [1.165, 1.54) is 0 Å². The maximum atomic E-state index is 11.8. The molecule has 0 radical (unpaired) electrons. The van der Waals surface area contributed by atoms with Gasteiger partial charge in [-0.1, -0.05) is 0 Å². The Morgan fingerprint density at radius 2 is 2.00 bits per heavy atom. The molecule has 1 aromatic rings. The highest BCUT2D eigenvalue weighted by Crippen LogP contribution is 2.16. The molecule has 1 aliphatic rings. The zero-order chi connectivity index (χ0) is 15.1. The smallest absolute Gasteiger partial charge is 0.258 e. The molecule has 1 fully saturated rings. The lowest BCUT2D eigenvalue weighted by atomic mass is 10.1. The van der Waals surface area contributed by atoms with Gasteiger partial charge in [0.1, 0.15) is 17.5 Å². The van der Waals surface area contributed by atoms with Crippen LogP contribution in [0.2, 0.25) is 0 Å². The summed E-state index contributed by atoms with van der Waals surface area (Å²) in [5, 5.41) is 5.48. The number of hydrogen-bond donors (Lipinski definition) is 2. The van der Waals surface area contributed by atoms with Gasteiger partial charge in [-0.05, 0) is 43.5 Å². The highest BCUT2D eigenvalue weighted by atomic mass is 16.5. The van der Waals surface area contributed by atoms with E-state index in [1.807, 2.05) is 0 Å². The first-order chi connectivity index (χ1) is 10.2. The number of ether oxygens (including phenoxy) is 2. The summed E-state index contributed by atoms with van der Waals surface area (Å²) in [6.07, 6.45) is 2.53. The fraction of sp³-hybridized carbons (Fsp3) is 0.467. The second-order valence-electron chi connectivity index (χ2n) is 4.87. The number of methoxy groups -OCH3 is 1. The monoisotopic (exact) mass is 292 g/mol. The summed E-state index contributed by atoms with van der Waals surface area (Å²) in [5.41, 5.74) is 0. The van der Waals surface area contributed by atoms with Gasteiger partial charge >= 0.3 is 0 Å². The molecule has 1 saturated heterocycles. The molecule has 2 amide bonds. The Morgan fingerprint density at radius 1 is 1.29 bits per heavy atom. The molecule has 0 spiro atoms. The molecule has 6 heteroatoms. The first-order valence-corrected chi connectivity index (χ1v) is 7.03. The van der Waals surface area contributed by atoms with E-state index >= 15 is 0 Å². The average molecular weight is 292 g/mol. The van der Waals surface area contributed by atoms with Gasteiger partial charge in [0.15, 0.2) is 6.61 Å². The Labute approximate surface area is 123 Å². The van der Waals surface area contributed by atoms with E-state index < -0.39 is 6.04 Å². The second-order valence-corrected chi connectivity index (χ2v) is 4.87. The van der Waals surface area contributed by atoms with Gasteiger partial charge in [0.05, 0.1) is 7.11 Å². The van der Waals surface area contributed by atoms with Crippen LogP contribution in [0.4, 0.5) is 0 Å². The Bertz CT molecular complexity index is 487. The van der Waals surface area contributed by atoms with Crippen molar-refractivity contribution < 1.29 is 19.1 Å². The van der Waals surface area contributed by atoms with Gasteiger partial charge in [-0.15, -0.1) is 0 Å². The van der Waals surface area contributed by atoms with Crippen molar-refractivity contribution in [1.29, 1.82) is 0 Å².